The SMILES string of the molecule is Cc1cnc2c(C(=O)NC[C@@H](c3cccnc3)N3CCCCC3)cnn2c1. The standard InChI is InChI=1S/C20H24N6O/c1-15-10-22-19-17(12-24-26(19)14-15)20(27)23-13-18(16-6-5-7-21-11-16)25-8-3-2-4-9-25/h5-7,10-12,14,18H,2-4,8-9,13H2,1H3,(H,23,27)/t18-/m0/s1. The number of likely N-dealkylation sites (tertiary alicyclic amines) is 1. The van der Waals surface area contributed by atoms with Gasteiger partial charge >= 0.3 is 0 Å². The first-order valence-electron chi connectivity index (χ1n) is 9.44. The molecule has 1 atom stereocenters. The van der Waals surface area contributed by atoms with Gasteiger partial charge in [-0.25, -0.2) is 9.50 Å². The van der Waals surface area contributed by atoms with Crippen LogP contribution in [0.15, 0.2) is 43.1 Å². The molecule has 27 heavy (non-hydrogen) atoms. The summed E-state index contributed by atoms with van der Waals surface area (Å²) in [7, 11) is 0. The molecule has 4 rings (SSSR count). The van der Waals surface area contributed by atoms with Crippen LogP contribution in [0, 0.1) is 6.92 Å². The highest BCUT2D eigenvalue weighted by atomic mass is 16.1. The van der Waals surface area contributed by atoms with Gasteiger partial charge in [-0.2, -0.15) is 5.10 Å². The number of amides is 1. The molecule has 0 radical (unpaired) electrons. The Balaban J connectivity index is 1.52. The van der Waals surface area contributed by atoms with Crippen molar-refractivity contribution in [3.63, 3.8) is 0 Å². The minimum atomic E-state index is -0.146. The Labute approximate surface area is 158 Å². The Morgan fingerprint density at radius 3 is 2.85 bits per heavy atom. The minimum Gasteiger partial charge on any atom is -0.350 e. The van der Waals surface area contributed by atoms with E-state index in [4.69, 9.17) is 0 Å². The minimum absolute atomic E-state index is 0.125. The molecular formula is C20H24N6O. The second-order valence-corrected chi connectivity index (χ2v) is 7.07. The topological polar surface area (TPSA) is 75.4 Å². The fourth-order valence-electron chi connectivity index (χ4n) is 3.67. The van der Waals surface area contributed by atoms with Crippen LogP contribution in [0.25, 0.3) is 5.65 Å². The van der Waals surface area contributed by atoms with Gasteiger partial charge in [0, 0.05) is 31.3 Å². The van der Waals surface area contributed by atoms with Crippen molar-refractivity contribution in [2.45, 2.75) is 32.2 Å². The van der Waals surface area contributed by atoms with Crippen LogP contribution in [-0.2, 0) is 0 Å². The van der Waals surface area contributed by atoms with E-state index in [1.165, 1.54) is 19.3 Å². The van der Waals surface area contributed by atoms with Crippen LogP contribution in [0.5, 0.6) is 0 Å². The van der Waals surface area contributed by atoms with Gasteiger partial charge in [-0.1, -0.05) is 12.5 Å². The van der Waals surface area contributed by atoms with Crippen LogP contribution in [0.2, 0.25) is 0 Å². The molecule has 3 aromatic rings. The van der Waals surface area contributed by atoms with Gasteiger partial charge in [-0.05, 0) is 50.0 Å². The Bertz CT molecular complexity index is 917. The van der Waals surface area contributed by atoms with E-state index in [9.17, 15) is 4.79 Å². The number of aromatic nitrogens is 4. The van der Waals surface area contributed by atoms with Crippen molar-refractivity contribution >= 4 is 11.6 Å². The summed E-state index contributed by atoms with van der Waals surface area (Å²) in [5, 5.41) is 7.33. The van der Waals surface area contributed by atoms with Crippen molar-refractivity contribution in [1.29, 1.82) is 0 Å². The van der Waals surface area contributed by atoms with Crippen molar-refractivity contribution in [1.82, 2.24) is 29.8 Å². The quantitative estimate of drug-likeness (QED) is 0.752. The number of pyridine rings is 1. The first-order chi connectivity index (χ1) is 13.2. The van der Waals surface area contributed by atoms with E-state index in [1.54, 1.807) is 23.1 Å². The van der Waals surface area contributed by atoms with Gasteiger partial charge in [0.05, 0.1) is 12.2 Å². The molecule has 1 N–H and O–H groups in total. The van der Waals surface area contributed by atoms with Gasteiger partial charge < -0.3 is 5.32 Å². The molecule has 7 nitrogen and oxygen atoms in total. The van der Waals surface area contributed by atoms with Crippen LogP contribution < -0.4 is 5.32 Å². The molecule has 0 bridgehead atoms. The maximum atomic E-state index is 12.8. The lowest BCUT2D eigenvalue weighted by molar-refractivity contribution is 0.0925. The van der Waals surface area contributed by atoms with Gasteiger partial charge in [0.1, 0.15) is 5.56 Å². The van der Waals surface area contributed by atoms with Crippen LogP contribution in [0.1, 0.15) is 46.8 Å². The van der Waals surface area contributed by atoms with Gasteiger partial charge in [-0.15, -0.1) is 0 Å². The van der Waals surface area contributed by atoms with Crippen molar-refractivity contribution < 1.29 is 4.79 Å². The third-order valence-electron chi connectivity index (χ3n) is 5.09. The zero-order valence-corrected chi connectivity index (χ0v) is 15.5. The van der Waals surface area contributed by atoms with Gasteiger partial charge in [0.2, 0.25) is 0 Å². The van der Waals surface area contributed by atoms with E-state index < -0.39 is 0 Å². The summed E-state index contributed by atoms with van der Waals surface area (Å²) >= 11 is 0. The van der Waals surface area contributed by atoms with E-state index >= 15 is 0 Å². The van der Waals surface area contributed by atoms with Crippen molar-refractivity contribution in [2.24, 2.45) is 0 Å². The molecule has 0 spiro atoms. The highest BCUT2D eigenvalue weighted by molar-refractivity contribution is 5.99. The fraction of sp³-hybridized carbons (Fsp3) is 0.400. The van der Waals surface area contributed by atoms with Crippen LogP contribution in [-0.4, -0.2) is 50.0 Å². The molecule has 1 aliphatic heterocycles. The highest BCUT2D eigenvalue weighted by Gasteiger charge is 2.24. The van der Waals surface area contributed by atoms with Crippen molar-refractivity contribution in [3.8, 4) is 0 Å². The second-order valence-electron chi connectivity index (χ2n) is 7.07. The molecule has 1 aliphatic rings. The number of rotatable bonds is 5. The zero-order chi connectivity index (χ0) is 18.6. The fourth-order valence-corrected chi connectivity index (χ4v) is 3.67. The summed E-state index contributed by atoms with van der Waals surface area (Å²) in [6.45, 7) is 4.58. The van der Waals surface area contributed by atoms with Crippen LogP contribution in [0.4, 0.5) is 0 Å². The van der Waals surface area contributed by atoms with E-state index in [0.29, 0.717) is 17.8 Å². The Kier molecular flexibility index (Phi) is 5.11. The number of hydrogen-bond acceptors (Lipinski definition) is 5. The van der Waals surface area contributed by atoms with Crippen molar-refractivity contribution in [3.05, 3.63) is 59.8 Å². The third kappa shape index (κ3) is 3.83. The molecule has 4 heterocycles. The summed E-state index contributed by atoms with van der Waals surface area (Å²) in [5.74, 6) is -0.146. The summed E-state index contributed by atoms with van der Waals surface area (Å²) in [6, 6.07) is 4.16. The molecule has 0 saturated carbocycles. The summed E-state index contributed by atoms with van der Waals surface area (Å²) in [5.41, 5.74) is 3.21. The largest absolute Gasteiger partial charge is 0.350 e. The van der Waals surface area contributed by atoms with E-state index in [1.807, 2.05) is 25.4 Å². The third-order valence-corrected chi connectivity index (χ3v) is 5.09. The van der Waals surface area contributed by atoms with Gasteiger partial charge in [0.25, 0.3) is 5.91 Å². The van der Waals surface area contributed by atoms with Gasteiger partial charge in [-0.3, -0.25) is 14.7 Å². The predicted octanol–water partition coefficient (Wildman–Crippen LogP) is 2.39. The number of aryl methyl sites for hydroxylation is 1. The number of hydrogen-bond donors (Lipinski definition) is 1. The number of nitrogens with zero attached hydrogens (tertiary/aromatic N) is 5. The van der Waals surface area contributed by atoms with E-state index in [2.05, 4.69) is 31.3 Å². The Morgan fingerprint density at radius 2 is 2.07 bits per heavy atom. The molecule has 0 unspecified atom stereocenters. The second kappa shape index (κ2) is 7.84. The zero-order valence-electron chi connectivity index (χ0n) is 15.5. The molecule has 0 aromatic carbocycles. The lowest BCUT2D eigenvalue weighted by Gasteiger charge is -2.34. The summed E-state index contributed by atoms with van der Waals surface area (Å²) < 4.78 is 1.65. The number of fused-ring (bicyclic) bond motifs is 1. The van der Waals surface area contributed by atoms with Gasteiger partial charge in [0.15, 0.2) is 5.65 Å². The van der Waals surface area contributed by atoms with E-state index in [-0.39, 0.29) is 11.9 Å². The number of piperidine rings is 1. The normalized spacial score (nSPS) is 16.3. The maximum Gasteiger partial charge on any atom is 0.256 e. The van der Waals surface area contributed by atoms with E-state index in [0.717, 1.165) is 24.2 Å². The average Bonchev–Trinajstić information content (AvgIpc) is 3.13. The molecule has 1 amide bonds. The number of nitrogens with one attached hydrogen (secondary N) is 1. The Morgan fingerprint density at radius 1 is 1.22 bits per heavy atom. The molecule has 1 saturated heterocycles. The smallest absolute Gasteiger partial charge is 0.256 e. The summed E-state index contributed by atoms with van der Waals surface area (Å²) in [6.07, 6.45) is 12.5. The Hall–Kier alpha value is -2.80. The molecule has 3 aromatic heterocycles. The van der Waals surface area contributed by atoms with Crippen LogP contribution >= 0.6 is 0 Å². The number of carbonyl (C=O) groups is 1. The highest BCUT2D eigenvalue weighted by Crippen LogP contribution is 2.23. The first-order valence-corrected chi connectivity index (χ1v) is 9.44. The predicted molar refractivity (Wildman–Crippen MR) is 102 cm³/mol. The lowest BCUT2D eigenvalue weighted by Crippen LogP contribution is -2.40. The van der Waals surface area contributed by atoms with Crippen LogP contribution in [0.3, 0.4) is 0 Å². The summed E-state index contributed by atoms with van der Waals surface area (Å²) in [4.78, 5) is 23.8. The molecule has 140 valence electrons. The molecule has 7 heteroatoms. The molecule has 0 aliphatic carbocycles. The van der Waals surface area contributed by atoms with Crippen molar-refractivity contribution in [2.75, 3.05) is 19.6 Å². The monoisotopic (exact) mass is 364 g/mol. The lowest BCUT2D eigenvalue weighted by atomic mass is 10.0. The number of carbonyl (C=O) groups excluding carboxylic acids is 1. The average molecular weight is 364 g/mol. The molecular weight excluding hydrogens is 340 g/mol. The first kappa shape index (κ1) is 17.6. The molecule has 1 fully saturated rings. The maximum absolute atomic E-state index is 12.8.